The molecule has 112 valence electrons. The molecule has 0 spiro atoms. The van der Waals surface area contributed by atoms with E-state index in [0.717, 1.165) is 18.4 Å². The molecule has 1 saturated carbocycles. The first-order valence-corrected chi connectivity index (χ1v) is 8.97. The number of nitrogens with two attached hydrogens (primary N) is 1. The Balaban J connectivity index is 2.15. The second-order valence-electron chi connectivity index (χ2n) is 7.44. The molecule has 2 rings (SSSR count). The van der Waals surface area contributed by atoms with E-state index < -0.39 is 0 Å². The number of hydrogen-bond donors (Lipinski definition) is 1. The maximum absolute atomic E-state index is 6.29. The molecule has 3 heteroatoms. The first-order chi connectivity index (χ1) is 8.89. The molecule has 2 nitrogen and oxygen atoms in total. The number of rotatable bonds is 2. The lowest BCUT2D eigenvalue weighted by molar-refractivity contribution is -0.000299. The van der Waals surface area contributed by atoms with Crippen LogP contribution in [0.2, 0.25) is 0 Å². The molecule has 0 aromatic heterocycles. The normalized spacial score (nSPS) is 40.9. The number of hydrogen-bond acceptors (Lipinski definition) is 3. The molecule has 2 aliphatic rings. The highest BCUT2D eigenvalue weighted by atomic mass is 32.2. The zero-order valence-corrected chi connectivity index (χ0v) is 14.1. The average molecular weight is 285 g/mol. The van der Waals surface area contributed by atoms with Gasteiger partial charge in [-0.05, 0) is 31.1 Å². The lowest BCUT2D eigenvalue weighted by atomic mass is 9.68. The molecule has 0 radical (unpaired) electrons. The Morgan fingerprint density at radius 3 is 2.63 bits per heavy atom. The van der Waals surface area contributed by atoms with E-state index in [2.05, 4.69) is 44.4 Å². The van der Waals surface area contributed by atoms with Crippen LogP contribution < -0.4 is 5.73 Å². The van der Waals surface area contributed by atoms with Crippen molar-refractivity contribution in [1.82, 2.24) is 4.90 Å². The zero-order chi connectivity index (χ0) is 14.1. The van der Waals surface area contributed by atoms with Crippen molar-refractivity contribution in [3.63, 3.8) is 0 Å². The summed E-state index contributed by atoms with van der Waals surface area (Å²) < 4.78 is 0.439. The molecule has 1 saturated heterocycles. The Morgan fingerprint density at radius 1 is 1.21 bits per heavy atom. The van der Waals surface area contributed by atoms with Gasteiger partial charge in [0.15, 0.2) is 0 Å². The van der Waals surface area contributed by atoms with E-state index >= 15 is 0 Å². The van der Waals surface area contributed by atoms with E-state index in [0.29, 0.717) is 4.75 Å². The van der Waals surface area contributed by atoms with Gasteiger partial charge in [0.05, 0.1) is 0 Å². The molecule has 3 unspecified atom stereocenters. The molecule has 19 heavy (non-hydrogen) atoms. The van der Waals surface area contributed by atoms with Gasteiger partial charge in [0, 0.05) is 35.7 Å². The van der Waals surface area contributed by atoms with Gasteiger partial charge in [-0.1, -0.05) is 34.1 Å². The molecule has 1 aliphatic heterocycles. The highest BCUT2D eigenvalue weighted by Crippen LogP contribution is 2.42. The molecule has 2 fully saturated rings. The minimum atomic E-state index is 0.276. The van der Waals surface area contributed by atoms with Gasteiger partial charge in [-0.15, -0.1) is 0 Å². The predicted molar refractivity (Wildman–Crippen MR) is 86.7 cm³/mol. The Morgan fingerprint density at radius 2 is 1.95 bits per heavy atom. The summed E-state index contributed by atoms with van der Waals surface area (Å²) in [6, 6.07) is 0. The third kappa shape index (κ3) is 3.30. The summed E-state index contributed by atoms with van der Waals surface area (Å²) in [6.07, 6.45) is 5.33. The van der Waals surface area contributed by atoms with E-state index in [-0.39, 0.29) is 5.54 Å². The van der Waals surface area contributed by atoms with Gasteiger partial charge in [0.25, 0.3) is 0 Å². The van der Waals surface area contributed by atoms with Gasteiger partial charge in [-0.2, -0.15) is 11.8 Å². The van der Waals surface area contributed by atoms with Crippen molar-refractivity contribution in [3.8, 4) is 0 Å². The first kappa shape index (κ1) is 15.7. The van der Waals surface area contributed by atoms with Crippen LogP contribution in [0.15, 0.2) is 0 Å². The molecule has 3 atom stereocenters. The smallest absolute Gasteiger partial charge is 0.0360 e. The summed E-state index contributed by atoms with van der Waals surface area (Å²) >= 11 is 2.14. The standard InChI is InChI=1S/C16H32N2S/c1-13-5-6-14(2)16(11-13,12-17)18-8-7-15(3,4)19-10-9-18/h13-14H,5-12,17H2,1-4H3. The Labute approximate surface area is 123 Å². The molecular formula is C16H32N2S. The summed E-state index contributed by atoms with van der Waals surface area (Å²) in [5, 5.41) is 0. The number of thioether (sulfide) groups is 1. The molecule has 2 N–H and O–H groups in total. The van der Waals surface area contributed by atoms with Crippen LogP contribution in [-0.2, 0) is 0 Å². The molecule has 0 aromatic rings. The molecule has 0 aromatic carbocycles. The fraction of sp³-hybridized carbons (Fsp3) is 1.00. The second kappa shape index (κ2) is 5.95. The van der Waals surface area contributed by atoms with Crippen molar-refractivity contribution in [2.24, 2.45) is 17.6 Å². The summed E-state index contributed by atoms with van der Waals surface area (Å²) in [5.41, 5.74) is 6.57. The van der Waals surface area contributed by atoms with Gasteiger partial charge in [-0.3, -0.25) is 4.90 Å². The van der Waals surface area contributed by atoms with Crippen LogP contribution in [-0.4, -0.2) is 40.6 Å². The van der Waals surface area contributed by atoms with Crippen molar-refractivity contribution < 1.29 is 0 Å². The van der Waals surface area contributed by atoms with Crippen LogP contribution in [0.5, 0.6) is 0 Å². The van der Waals surface area contributed by atoms with Crippen LogP contribution in [0.25, 0.3) is 0 Å². The Kier molecular flexibility index (Phi) is 4.90. The fourth-order valence-corrected chi connectivity index (χ4v) is 5.13. The van der Waals surface area contributed by atoms with Crippen molar-refractivity contribution in [2.75, 3.05) is 25.4 Å². The van der Waals surface area contributed by atoms with Gasteiger partial charge >= 0.3 is 0 Å². The third-order valence-corrected chi connectivity index (χ3v) is 6.91. The maximum atomic E-state index is 6.29. The third-order valence-electron chi connectivity index (χ3n) is 5.53. The van der Waals surface area contributed by atoms with Crippen molar-refractivity contribution in [3.05, 3.63) is 0 Å². The summed E-state index contributed by atoms with van der Waals surface area (Å²) in [4.78, 5) is 2.76. The highest BCUT2D eigenvalue weighted by molar-refractivity contribution is 8.00. The van der Waals surface area contributed by atoms with Crippen LogP contribution in [0.3, 0.4) is 0 Å². The largest absolute Gasteiger partial charge is 0.329 e. The summed E-state index contributed by atoms with van der Waals surface area (Å²) in [5.74, 6) is 2.85. The average Bonchev–Trinajstić information content (AvgIpc) is 2.54. The SMILES string of the molecule is CC1CCC(C)C(CN)(N2CCSC(C)(C)CC2)C1. The van der Waals surface area contributed by atoms with Gasteiger partial charge in [-0.25, -0.2) is 0 Å². The van der Waals surface area contributed by atoms with E-state index in [1.807, 2.05) is 0 Å². The number of nitrogens with zero attached hydrogens (tertiary/aromatic N) is 1. The fourth-order valence-electron chi connectivity index (χ4n) is 4.03. The summed E-state index contributed by atoms with van der Waals surface area (Å²) in [6.45, 7) is 12.9. The van der Waals surface area contributed by atoms with Crippen molar-refractivity contribution in [2.45, 2.75) is 63.7 Å². The van der Waals surface area contributed by atoms with Crippen LogP contribution in [0, 0.1) is 11.8 Å². The van der Waals surface area contributed by atoms with Crippen LogP contribution in [0.4, 0.5) is 0 Å². The lowest BCUT2D eigenvalue weighted by Gasteiger charge is -2.51. The van der Waals surface area contributed by atoms with Crippen LogP contribution >= 0.6 is 11.8 Å². The van der Waals surface area contributed by atoms with Crippen molar-refractivity contribution in [1.29, 1.82) is 0 Å². The minimum Gasteiger partial charge on any atom is -0.329 e. The molecule has 0 bridgehead atoms. The molecular weight excluding hydrogens is 252 g/mol. The molecule has 1 heterocycles. The Hall–Kier alpha value is 0.270. The second-order valence-corrected chi connectivity index (χ2v) is 9.24. The molecule has 0 amide bonds. The van der Waals surface area contributed by atoms with Gasteiger partial charge in [0.2, 0.25) is 0 Å². The monoisotopic (exact) mass is 284 g/mol. The topological polar surface area (TPSA) is 29.3 Å². The molecule has 1 aliphatic carbocycles. The van der Waals surface area contributed by atoms with E-state index in [9.17, 15) is 0 Å². The minimum absolute atomic E-state index is 0.276. The van der Waals surface area contributed by atoms with Crippen molar-refractivity contribution >= 4 is 11.8 Å². The summed E-state index contributed by atoms with van der Waals surface area (Å²) in [7, 11) is 0. The van der Waals surface area contributed by atoms with Crippen LogP contribution in [0.1, 0.15) is 53.4 Å². The highest BCUT2D eigenvalue weighted by Gasteiger charge is 2.44. The predicted octanol–water partition coefficient (Wildman–Crippen LogP) is 3.36. The van der Waals surface area contributed by atoms with Gasteiger partial charge < -0.3 is 5.73 Å². The quantitative estimate of drug-likeness (QED) is 0.843. The van der Waals surface area contributed by atoms with E-state index in [1.165, 1.54) is 44.5 Å². The lowest BCUT2D eigenvalue weighted by Crippen LogP contribution is -2.61. The van der Waals surface area contributed by atoms with Gasteiger partial charge in [0.1, 0.15) is 0 Å². The van der Waals surface area contributed by atoms with E-state index in [4.69, 9.17) is 5.73 Å². The maximum Gasteiger partial charge on any atom is 0.0360 e. The van der Waals surface area contributed by atoms with E-state index in [1.54, 1.807) is 0 Å². The zero-order valence-electron chi connectivity index (χ0n) is 13.2. The first-order valence-electron chi connectivity index (χ1n) is 7.99. The Bertz CT molecular complexity index is 305.